The number of fused-ring (bicyclic) bond motifs is 1. The Bertz CT molecular complexity index is 914. The number of amides is 1. The number of anilines is 1. The van der Waals surface area contributed by atoms with Crippen molar-refractivity contribution >= 4 is 34.2 Å². The molecule has 5 heteroatoms. The van der Waals surface area contributed by atoms with Crippen LogP contribution in [0.3, 0.4) is 0 Å². The molecule has 0 fully saturated rings. The van der Waals surface area contributed by atoms with Crippen molar-refractivity contribution in [3.05, 3.63) is 58.3 Å². The van der Waals surface area contributed by atoms with Gasteiger partial charge >= 0.3 is 0 Å². The molecule has 2 aromatic carbocycles. The number of furan rings is 1. The Labute approximate surface area is 145 Å². The molecule has 0 atom stereocenters. The van der Waals surface area contributed by atoms with Crippen molar-refractivity contribution in [2.45, 2.75) is 20.3 Å². The van der Waals surface area contributed by atoms with E-state index < -0.39 is 0 Å². The highest BCUT2D eigenvalue weighted by atomic mass is 35.5. The van der Waals surface area contributed by atoms with Crippen molar-refractivity contribution in [3.8, 4) is 5.75 Å². The first-order valence-corrected chi connectivity index (χ1v) is 7.97. The van der Waals surface area contributed by atoms with Crippen LogP contribution in [-0.2, 0) is 11.2 Å². The molecule has 0 aliphatic heterocycles. The van der Waals surface area contributed by atoms with E-state index in [2.05, 4.69) is 5.32 Å². The number of hydrogen-bond donors (Lipinski definition) is 1. The summed E-state index contributed by atoms with van der Waals surface area (Å²) in [7, 11) is 1.59. The molecule has 1 N–H and O–H groups in total. The number of halogens is 1. The second-order valence-electron chi connectivity index (χ2n) is 5.72. The lowest BCUT2D eigenvalue weighted by molar-refractivity contribution is -0.115. The van der Waals surface area contributed by atoms with Gasteiger partial charge in [0.1, 0.15) is 11.3 Å². The van der Waals surface area contributed by atoms with Crippen LogP contribution in [0, 0.1) is 13.8 Å². The molecule has 0 spiro atoms. The molecule has 24 heavy (non-hydrogen) atoms. The number of ether oxygens (including phenoxy) is 1. The van der Waals surface area contributed by atoms with E-state index in [1.807, 2.05) is 38.1 Å². The van der Waals surface area contributed by atoms with E-state index in [1.165, 1.54) is 0 Å². The summed E-state index contributed by atoms with van der Waals surface area (Å²) in [6.07, 6.45) is 1.84. The van der Waals surface area contributed by atoms with Crippen molar-refractivity contribution in [1.82, 2.24) is 0 Å². The van der Waals surface area contributed by atoms with Crippen LogP contribution >= 0.6 is 11.6 Å². The van der Waals surface area contributed by atoms with E-state index in [-0.39, 0.29) is 12.3 Å². The SMILES string of the molecule is COc1cccc(NC(=O)Cc2coc3cc(C)c(Cl)c(C)c23)c1. The summed E-state index contributed by atoms with van der Waals surface area (Å²) in [4.78, 5) is 12.4. The van der Waals surface area contributed by atoms with Gasteiger partial charge in [0.15, 0.2) is 0 Å². The van der Waals surface area contributed by atoms with Gasteiger partial charge in [-0.15, -0.1) is 0 Å². The summed E-state index contributed by atoms with van der Waals surface area (Å²) in [5, 5.41) is 4.49. The van der Waals surface area contributed by atoms with Crippen molar-refractivity contribution in [3.63, 3.8) is 0 Å². The monoisotopic (exact) mass is 343 g/mol. The van der Waals surface area contributed by atoms with Crippen LogP contribution in [-0.4, -0.2) is 13.0 Å². The zero-order valence-electron chi connectivity index (χ0n) is 13.8. The van der Waals surface area contributed by atoms with Gasteiger partial charge in [0.25, 0.3) is 0 Å². The van der Waals surface area contributed by atoms with Gasteiger partial charge < -0.3 is 14.5 Å². The molecule has 0 unspecified atom stereocenters. The molecule has 0 aliphatic rings. The van der Waals surface area contributed by atoms with Crippen LogP contribution in [0.25, 0.3) is 11.0 Å². The van der Waals surface area contributed by atoms with Gasteiger partial charge in [-0.2, -0.15) is 0 Å². The van der Waals surface area contributed by atoms with Crippen LogP contribution in [0.2, 0.25) is 5.02 Å². The summed E-state index contributed by atoms with van der Waals surface area (Å²) in [6.45, 7) is 3.88. The number of aryl methyl sites for hydroxylation is 2. The lowest BCUT2D eigenvalue weighted by Crippen LogP contribution is -2.14. The van der Waals surface area contributed by atoms with Crippen molar-refractivity contribution < 1.29 is 13.9 Å². The van der Waals surface area contributed by atoms with Gasteiger partial charge in [-0.05, 0) is 43.2 Å². The van der Waals surface area contributed by atoms with Gasteiger partial charge in [0.05, 0.1) is 19.8 Å². The van der Waals surface area contributed by atoms with Crippen LogP contribution in [0.5, 0.6) is 5.75 Å². The number of rotatable bonds is 4. The Morgan fingerprint density at radius 3 is 2.83 bits per heavy atom. The van der Waals surface area contributed by atoms with Gasteiger partial charge in [0, 0.05) is 27.7 Å². The molecule has 3 aromatic rings. The first-order valence-electron chi connectivity index (χ1n) is 7.59. The van der Waals surface area contributed by atoms with Crippen LogP contribution in [0.1, 0.15) is 16.7 Å². The molecule has 0 radical (unpaired) electrons. The normalized spacial score (nSPS) is 10.8. The summed E-state index contributed by atoms with van der Waals surface area (Å²) in [5.41, 5.74) is 4.16. The molecular formula is C19H18ClNO3. The maximum Gasteiger partial charge on any atom is 0.228 e. The summed E-state index contributed by atoms with van der Waals surface area (Å²) < 4.78 is 10.8. The third kappa shape index (κ3) is 3.10. The first-order chi connectivity index (χ1) is 11.5. The van der Waals surface area contributed by atoms with Gasteiger partial charge in [-0.1, -0.05) is 17.7 Å². The number of benzene rings is 2. The Hall–Kier alpha value is -2.46. The van der Waals surface area contributed by atoms with Crippen molar-refractivity contribution in [2.75, 3.05) is 12.4 Å². The smallest absolute Gasteiger partial charge is 0.228 e. The second kappa shape index (κ2) is 6.57. The van der Waals surface area contributed by atoms with Crippen LogP contribution < -0.4 is 10.1 Å². The Kier molecular flexibility index (Phi) is 4.49. The Balaban J connectivity index is 1.84. The average Bonchev–Trinajstić information content (AvgIpc) is 2.95. The molecule has 124 valence electrons. The number of methoxy groups -OCH3 is 1. The predicted molar refractivity (Wildman–Crippen MR) is 96.0 cm³/mol. The molecule has 4 nitrogen and oxygen atoms in total. The summed E-state index contributed by atoms with van der Waals surface area (Å²) in [6, 6.07) is 9.14. The predicted octanol–water partition coefficient (Wildman–Crippen LogP) is 4.89. The largest absolute Gasteiger partial charge is 0.497 e. The third-order valence-corrected chi connectivity index (χ3v) is 4.58. The fourth-order valence-electron chi connectivity index (χ4n) is 2.82. The van der Waals surface area contributed by atoms with Gasteiger partial charge in [0.2, 0.25) is 5.91 Å². The lowest BCUT2D eigenvalue weighted by atomic mass is 10.0. The molecule has 1 aromatic heterocycles. The molecule has 0 bridgehead atoms. The maximum atomic E-state index is 12.4. The number of nitrogens with one attached hydrogen (secondary N) is 1. The lowest BCUT2D eigenvalue weighted by Gasteiger charge is -2.08. The Morgan fingerprint density at radius 2 is 2.08 bits per heavy atom. The van der Waals surface area contributed by atoms with E-state index in [1.54, 1.807) is 19.4 Å². The fourth-order valence-corrected chi connectivity index (χ4v) is 2.97. The molecular weight excluding hydrogens is 326 g/mol. The quantitative estimate of drug-likeness (QED) is 0.733. The standard InChI is InChI=1S/C19H18ClNO3/c1-11-7-16-18(12(2)19(11)20)13(10-24-16)8-17(22)21-14-5-4-6-15(9-14)23-3/h4-7,9-10H,8H2,1-3H3,(H,21,22). The highest BCUT2D eigenvalue weighted by molar-refractivity contribution is 6.33. The van der Waals surface area contributed by atoms with E-state index >= 15 is 0 Å². The van der Waals surface area contributed by atoms with Crippen LogP contribution in [0.4, 0.5) is 5.69 Å². The van der Waals surface area contributed by atoms with E-state index in [0.29, 0.717) is 16.5 Å². The molecule has 1 amide bonds. The molecule has 3 rings (SSSR count). The third-order valence-electron chi connectivity index (χ3n) is 4.00. The minimum atomic E-state index is -0.123. The highest BCUT2D eigenvalue weighted by Crippen LogP contribution is 2.32. The van der Waals surface area contributed by atoms with Gasteiger partial charge in [-0.3, -0.25) is 4.79 Å². The minimum Gasteiger partial charge on any atom is -0.497 e. The zero-order chi connectivity index (χ0) is 17.3. The van der Waals surface area contributed by atoms with E-state index in [4.69, 9.17) is 20.8 Å². The average molecular weight is 344 g/mol. The van der Waals surface area contributed by atoms with Crippen molar-refractivity contribution in [2.24, 2.45) is 0 Å². The fraction of sp³-hybridized carbons (Fsp3) is 0.211. The van der Waals surface area contributed by atoms with Gasteiger partial charge in [-0.25, -0.2) is 0 Å². The van der Waals surface area contributed by atoms with Crippen molar-refractivity contribution in [1.29, 1.82) is 0 Å². The number of carbonyl (C=O) groups is 1. The number of hydrogen-bond acceptors (Lipinski definition) is 3. The molecule has 1 heterocycles. The molecule has 0 aliphatic carbocycles. The zero-order valence-corrected chi connectivity index (χ0v) is 14.5. The summed E-state index contributed by atoms with van der Waals surface area (Å²) >= 11 is 6.33. The topological polar surface area (TPSA) is 51.5 Å². The Morgan fingerprint density at radius 1 is 1.29 bits per heavy atom. The summed E-state index contributed by atoms with van der Waals surface area (Å²) in [5.74, 6) is 0.571. The molecule has 0 saturated heterocycles. The second-order valence-corrected chi connectivity index (χ2v) is 6.10. The van der Waals surface area contributed by atoms with E-state index in [9.17, 15) is 4.79 Å². The molecule has 0 saturated carbocycles. The highest BCUT2D eigenvalue weighted by Gasteiger charge is 2.16. The first kappa shape index (κ1) is 16.4. The maximum absolute atomic E-state index is 12.4. The minimum absolute atomic E-state index is 0.123. The van der Waals surface area contributed by atoms with Crippen LogP contribution in [0.15, 0.2) is 41.0 Å². The van der Waals surface area contributed by atoms with E-state index in [0.717, 1.165) is 27.7 Å². The number of carbonyl (C=O) groups excluding carboxylic acids is 1.